The Labute approximate surface area is 192 Å². The summed E-state index contributed by atoms with van der Waals surface area (Å²) >= 11 is 0. The van der Waals surface area contributed by atoms with E-state index in [2.05, 4.69) is 16.0 Å². The molecule has 4 N–H and O–H groups in total. The molecule has 0 aliphatic carbocycles. The van der Waals surface area contributed by atoms with Crippen molar-refractivity contribution in [3.63, 3.8) is 0 Å². The van der Waals surface area contributed by atoms with Gasteiger partial charge in [-0.25, -0.2) is 4.79 Å². The van der Waals surface area contributed by atoms with Crippen LogP contribution >= 0.6 is 0 Å². The molecule has 4 atom stereocenters. The van der Waals surface area contributed by atoms with Gasteiger partial charge >= 0.3 is 6.03 Å². The van der Waals surface area contributed by atoms with E-state index in [4.69, 9.17) is 14.2 Å². The van der Waals surface area contributed by atoms with E-state index in [-0.39, 0.29) is 43.1 Å². The molecule has 2 heterocycles. The summed E-state index contributed by atoms with van der Waals surface area (Å²) in [5.74, 6) is 0.521. The van der Waals surface area contributed by atoms with E-state index in [0.29, 0.717) is 36.7 Å². The van der Waals surface area contributed by atoms with Crippen LogP contribution in [0.15, 0.2) is 48.5 Å². The molecule has 176 valence electrons. The molecule has 33 heavy (non-hydrogen) atoms. The number of aliphatic hydroxyl groups excluding tert-OH is 1. The Balaban J connectivity index is 1.43. The van der Waals surface area contributed by atoms with E-state index in [9.17, 15) is 14.7 Å². The van der Waals surface area contributed by atoms with Gasteiger partial charge in [-0.05, 0) is 36.8 Å². The molecular formula is C24H29N3O6. The number of para-hydroxylation sites is 1. The second kappa shape index (κ2) is 10.7. The topological polar surface area (TPSA) is 118 Å². The lowest BCUT2D eigenvalue weighted by molar-refractivity contribution is -0.142. The van der Waals surface area contributed by atoms with Crippen molar-refractivity contribution in [2.24, 2.45) is 0 Å². The van der Waals surface area contributed by atoms with Crippen molar-refractivity contribution in [1.29, 1.82) is 0 Å². The summed E-state index contributed by atoms with van der Waals surface area (Å²) in [6.07, 6.45) is -0.461. The minimum Gasteiger partial charge on any atom is -0.487 e. The third kappa shape index (κ3) is 5.62. The maximum atomic E-state index is 12.4. The smallest absolute Gasteiger partial charge is 0.323 e. The second-order valence-corrected chi connectivity index (χ2v) is 8.15. The SMILES string of the molecule is COCCNC(=O)C[C@H]1C[C@H]2c3cc(NC(=O)Nc4ccccc4)ccc3O[C@H]2[C@@H](CO)O1. The van der Waals surface area contributed by atoms with E-state index < -0.39 is 6.10 Å². The number of fused-ring (bicyclic) bond motifs is 3. The lowest BCUT2D eigenvalue weighted by atomic mass is 9.84. The number of carbonyl (C=O) groups excluding carboxylic acids is 2. The van der Waals surface area contributed by atoms with Crippen molar-refractivity contribution in [1.82, 2.24) is 5.32 Å². The Kier molecular flexibility index (Phi) is 7.43. The highest BCUT2D eigenvalue weighted by Gasteiger charge is 2.46. The van der Waals surface area contributed by atoms with Crippen molar-refractivity contribution in [3.05, 3.63) is 54.1 Å². The van der Waals surface area contributed by atoms with Crippen LogP contribution in [0.2, 0.25) is 0 Å². The number of hydrogen-bond acceptors (Lipinski definition) is 6. The predicted molar refractivity (Wildman–Crippen MR) is 123 cm³/mol. The predicted octanol–water partition coefficient (Wildman–Crippen LogP) is 2.48. The molecule has 2 aliphatic heterocycles. The summed E-state index contributed by atoms with van der Waals surface area (Å²) in [6.45, 7) is 0.668. The Morgan fingerprint density at radius 3 is 2.67 bits per heavy atom. The van der Waals surface area contributed by atoms with E-state index in [0.717, 1.165) is 5.56 Å². The van der Waals surface area contributed by atoms with Crippen LogP contribution in [0, 0.1) is 0 Å². The van der Waals surface area contributed by atoms with Crippen LogP contribution in [0.1, 0.15) is 24.3 Å². The van der Waals surface area contributed by atoms with Crippen LogP contribution < -0.4 is 20.7 Å². The molecule has 0 saturated carbocycles. The van der Waals surface area contributed by atoms with E-state index in [1.165, 1.54) is 0 Å². The van der Waals surface area contributed by atoms with Crippen molar-refractivity contribution in [3.8, 4) is 5.75 Å². The largest absolute Gasteiger partial charge is 0.487 e. The maximum Gasteiger partial charge on any atom is 0.323 e. The van der Waals surface area contributed by atoms with Crippen LogP contribution in [0.3, 0.4) is 0 Å². The van der Waals surface area contributed by atoms with Crippen LogP contribution in [0.4, 0.5) is 16.2 Å². The van der Waals surface area contributed by atoms with Gasteiger partial charge in [0, 0.05) is 36.5 Å². The van der Waals surface area contributed by atoms with Gasteiger partial charge in [-0.15, -0.1) is 0 Å². The third-order valence-electron chi connectivity index (χ3n) is 5.83. The van der Waals surface area contributed by atoms with Gasteiger partial charge < -0.3 is 35.3 Å². The lowest BCUT2D eigenvalue weighted by Gasteiger charge is -2.37. The minimum atomic E-state index is -0.536. The number of urea groups is 1. The number of benzene rings is 2. The number of aliphatic hydroxyl groups is 1. The molecule has 9 nitrogen and oxygen atoms in total. The van der Waals surface area contributed by atoms with Gasteiger partial charge in [-0.3, -0.25) is 4.79 Å². The van der Waals surface area contributed by atoms with Gasteiger partial charge in [0.2, 0.25) is 5.91 Å². The first-order valence-electron chi connectivity index (χ1n) is 11.0. The first-order chi connectivity index (χ1) is 16.1. The van der Waals surface area contributed by atoms with Crippen LogP contribution in [0.25, 0.3) is 0 Å². The second-order valence-electron chi connectivity index (χ2n) is 8.15. The highest BCUT2D eigenvalue weighted by atomic mass is 16.6. The van der Waals surface area contributed by atoms with Crippen LogP contribution in [-0.2, 0) is 14.3 Å². The fraction of sp³-hybridized carbons (Fsp3) is 0.417. The lowest BCUT2D eigenvalue weighted by Crippen LogP contribution is -2.47. The molecule has 2 aliphatic rings. The number of ether oxygens (including phenoxy) is 3. The number of amides is 3. The van der Waals surface area contributed by atoms with Gasteiger partial charge in [-0.2, -0.15) is 0 Å². The fourth-order valence-corrected chi connectivity index (χ4v) is 4.35. The highest BCUT2D eigenvalue weighted by molar-refractivity contribution is 5.99. The van der Waals surface area contributed by atoms with Crippen molar-refractivity contribution in [2.75, 3.05) is 37.5 Å². The molecule has 1 fully saturated rings. The monoisotopic (exact) mass is 455 g/mol. The number of anilines is 2. The van der Waals surface area contributed by atoms with Gasteiger partial charge in [0.1, 0.15) is 18.0 Å². The zero-order chi connectivity index (χ0) is 23.2. The molecular weight excluding hydrogens is 426 g/mol. The van der Waals surface area contributed by atoms with E-state index in [1.807, 2.05) is 42.5 Å². The first-order valence-corrected chi connectivity index (χ1v) is 11.0. The molecule has 1 saturated heterocycles. The zero-order valence-corrected chi connectivity index (χ0v) is 18.5. The summed E-state index contributed by atoms with van der Waals surface area (Å²) in [5, 5.41) is 18.3. The average Bonchev–Trinajstić information content (AvgIpc) is 3.17. The van der Waals surface area contributed by atoms with Crippen LogP contribution in [-0.4, -0.2) is 62.2 Å². The summed E-state index contributed by atoms with van der Waals surface area (Å²) in [5.41, 5.74) is 2.26. The summed E-state index contributed by atoms with van der Waals surface area (Å²) in [6, 6.07) is 14.3. The quantitative estimate of drug-likeness (QED) is 0.454. The summed E-state index contributed by atoms with van der Waals surface area (Å²) < 4.78 is 17.0. The fourth-order valence-electron chi connectivity index (χ4n) is 4.35. The number of hydrogen-bond donors (Lipinski definition) is 4. The third-order valence-corrected chi connectivity index (χ3v) is 5.83. The molecule has 9 heteroatoms. The number of nitrogens with one attached hydrogen (secondary N) is 3. The number of methoxy groups -OCH3 is 1. The Morgan fingerprint density at radius 2 is 1.91 bits per heavy atom. The Bertz CT molecular complexity index is 970. The van der Waals surface area contributed by atoms with Crippen LogP contribution in [0.5, 0.6) is 5.75 Å². The highest BCUT2D eigenvalue weighted by Crippen LogP contribution is 2.47. The van der Waals surface area contributed by atoms with E-state index >= 15 is 0 Å². The zero-order valence-electron chi connectivity index (χ0n) is 18.5. The van der Waals surface area contributed by atoms with Gasteiger partial charge in [0.05, 0.1) is 25.7 Å². The Hall–Kier alpha value is -3.14. The van der Waals surface area contributed by atoms with Crippen molar-refractivity contribution < 1.29 is 28.9 Å². The maximum absolute atomic E-state index is 12.4. The number of carbonyl (C=O) groups is 2. The molecule has 0 spiro atoms. The van der Waals surface area contributed by atoms with Gasteiger partial charge in [0.15, 0.2) is 0 Å². The van der Waals surface area contributed by atoms with E-state index in [1.54, 1.807) is 13.2 Å². The molecule has 3 amide bonds. The molecule has 0 aromatic heterocycles. The normalized spacial score (nSPS) is 23.1. The first kappa shape index (κ1) is 23.0. The summed E-state index contributed by atoms with van der Waals surface area (Å²) in [4.78, 5) is 24.6. The molecule has 0 bridgehead atoms. The van der Waals surface area contributed by atoms with Crippen molar-refractivity contribution in [2.45, 2.75) is 37.1 Å². The Morgan fingerprint density at radius 1 is 1.12 bits per heavy atom. The van der Waals surface area contributed by atoms with Gasteiger partial charge in [-0.1, -0.05) is 18.2 Å². The summed E-state index contributed by atoms with van der Waals surface area (Å²) in [7, 11) is 1.58. The van der Waals surface area contributed by atoms with Gasteiger partial charge in [0.25, 0.3) is 0 Å². The molecule has 2 aromatic rings. The molecule has 0 radical (unpaired) electrons. The van der Waals surface area contributed by atoms with Crippen molar-refractivity contribution >= 4 is 23.3 Å². The molecule has 0 unspecified atom stereocenters. The molecule has 4 rings (SSSR count). The standard InChI is InChI=1S/C24H29N3O6/c1-31-10-9-25-22(29)13-17-12-19-18-11-16(27-24(30)26-15-5-3-2-4-6-15)7-8-20(18)33-23(19)21(14-28)32-17/h2-8,11,17,19,21,23,28H,9-10,12-14H2,1H3,(H,25,29)(H2,26,27,30)/t17-,19+,21-,23-/m1/s1. The molecule has 2 aromatic carbocycles. The average molecular weight is 456 g/mol. The minimum absolute atomic E-state index is 0.0541. The number of rotatable bonds is 8.